The molecule has 3 rings (SSSR count). The molecular weight excluding hydrogens is 375 g/mol. The summed E-state index contributed by atoms with van der Waals surface area (Å²) in [6, 6.07) is 5.78. The van der Waals surface area contributed by atoms with Crippen molar-refractivity contribution in [1.29, 1.82) is 0 Å². The lowest BCUT2D eigenvalue weighted by Crippen LogP contribution is -2.21. The van der Waals surface area contributed by atoms with Crippen molar-refractivity contribution in [2.24, 2.45) is 0 Å². The summed E-state index contributed by atoms with van der Waals surface area (Å²) in [5.74, 6) is 4.44. The van der Waals surface area contributed by atoms with E-state index >= 15 is 0 Å². The van der Waals surface area contributed by atoms with Gasteiger partial charge < -0.3 is 5.84 Å². The second kappa shape index (κ2) is 6.38. The van der Waals surface area contributed by atoms with E-state index in [0.717, 1.165) is 33.8 Å². The van der Waals surface area contributed by atoms with Crippen LogP contribution in [0.15, 0.2) is 23.4 Å². The maximum Gasteiger partial charge on any atom is 0.453 e. The molecule has 1 aromatic carbocycles. The standard InChI is InChI=1S/C15H13ClF3N5S/c1-7-3-4-9-5-10(12(16)21-11(9)8(7)2)6-25-14-23-22-13(24(14)20)15(17,18)19/h3-5H,6,20H2,1-2H3. The van der Waals surface area contributed by atoms with Crippen LogP contribution in [-0.2, 0) is 11.9 Å². The molecule has 0 saturated carbocycles. The number of rotatable bonds is 3. The molecular formula is C15H13ClF3N5S. The van der Waals surface area contributed by atoms with E-state index in [2.05, 4.69) is 15.2 Å². The zero-order valence-corrected chi connectivity index (χ0v) is 14.8. The van der Waals surface area contributed by atoms with Crippen LogP contribution in [0.1, 0.15) is 22.5 Å². The van der Waals surface area contributed by atoms with Gasteiger partial charge in [0, 0.05) is 16.7 Å². The topological polar surface area (TPSA) is 69.6 Å². The fourth-order valence-electron chi connectivity index (χ4n) is 2.32. The number of alkyl halides is 3. The van der Waals surface area contributed by atoms with E-state index in [0.29, 0.717) is 15.4 Å². The van der Waals surface area contributed by atoms with E-state index in [9.17, 15) is 13.2 Å². The zero-order chi connectivity index (χ0) is 18.4. The Morgan fingerprint density at radius 3 is 2.60 bits per heavy atom. The van der Waals surface area contributed by atoms with Gasteiger partial charge in [-0.3, -0.25) is 0 Å². The van der Waals surface area contributed by atoms with Crippen molar-refractivity contribution in [3.05, 3.63) is 45.9 Å². The Balaban J connectivity index is 1.88. The first-order valence-corrected chi connectivity index (χ1v) is 8.50. The minimum Gasteiger partial charge on any atom is -0.335 e. The van der Waals surface area contributed by atoms with Crippen molar-refractivity contribution in [3.8, 4) is 0 Å². The Hall–Kier alpha value is -2.00. The third kappa shape index (κ3) is 3.38. The van der Waals surface area contributed by atoms with Crippen molar-refractivity contribution in [2.75, 3.05) is 5.84 Å². The zero-order valence-electron chi connectivity index (χ0n) is 13.2. The van der Waals surface area contributed by atoms with Gasteiger partial charge in [-0.25, -0.2) is 9.66 Å². The number of fused-ring (bicyclic) bond motifs is 1. The molecule has 0 atom stereocenters. The first kappa shape index (κ1) is 17.8. The number of nitrogens with zero attached hydrogens (tertiary/aromatic N) is 4. The van der Waals surface area contributed by atoms with E-state index in [1.165, 1.54) is 0 Å². The maximum absolute atomic E-state index is 12.7. The third-order valence-corrected chi connectivity index (χ3v) is 5.13. The summed E-state index contributed by atoms with van der Waals surface area (Å²) in [6.45, 7) is 3.95. The Morgan fingerprint density at radius 1 is 1.24 bits per heavy atom. The van der Waals surface area contributed by atoms with Crippen LogP contribution in [-0.4, -0.2) is 19.9 Å². The van der Waals surface area contributed by atoms with Crippen LogP contribution >= 0.6 is 23.4 Å². The highest BCUT2D eigenvalue weighted by atomic mass is 35.5. The number of aryl methyl sites for hydroxylation is 2. The summed E-state index contributed by atoms with van der Waals surface area (Å²) in [5, 5.41) is 7.73. The van der Waals surface area contributed by atoms with E-state index in [1.54, 1.807) is 0 Å². The Labute approximate surface area is 150 Å². The summed E-state index contributed by atoms with van der Waals surface area (Å²) >= 11 is 7.24. The number of nitrogens with two attached hydrogens (primary N) is 1. The highest BCUT2D eigenvalue weighted by Crippen LogP contribution is 2.32. The molecule has 0 spiro atoms. The third-order valence-electron chi connectivity index (χ3n) is 3.81. The minimum absolute atomic E-state index is 0.0522. The van der Waals surface area contributed by atoms with Crippen LogP contribution in [0.5, 0.6) is 0 Å². The van der Waals surface area contributed by atoms with Gasteiger partial charge in [0.15, 0.2) is 0 Å². The van der Waals surface area contributed by atoms with Crippen LogP contribution in [0.25, 0.3) is 10.9 Å². The largest absolute Gasteiger partial charge is 0.453 e. The molecule has 0 aliphatic heterocycles. The molecule has 0 unspecified atom stereocenters. The van der Waals surface area contributed by atoms with Crippen LogP contribution in [0.4, 0.5) is 13.2 Å². The highest BCUT2D eigenvalue weighted by molar-refractivity contribution is 7.98. The average molecular weight is 388 g/mol. The average Bonchev–Trinajstić information content (AvgIpc) is 2.91. The molecule has 3 aromatic rings. The summed E-state index contributed by atoms with van der Waals surface area (Å²) in [7, 11) is 0. The van der Waals surface area contributed by atoms with E-state index in [4.69, 9.17) is 17.4 Å². The molecule has 2 N–H and O–H groups in total. The highest BCUT2D eigenvalue weighted by Gasteiger charge is 2.38. The van der Waals surface area contributed by atoms with E-state index in [-0.39, 0.29) is 10.9 Å². The molecule has 0 fully saturated rings. The van der Waals surface area contributed by atoms with Gasteiger partial charge in [-0.2, -0.15) is 13.2 Å². The smallest absolute Gasteiger partial charge is 0.335 e. The Bertz CT molecular complexity index is 954. The van der Waals surface area contributed by atoms with Gasteiger partial charge in [0.05, 0.1) is 5.52 Å². The molecule has 25 heavy (non-hydrogen) atoms. The van der Waals surface area contributed by atoms with Crippen LogP contribution in [0.2, 0.25) is 5.15 Å². The first-order valence-electron chi connectivity index (χ1n) is 7.14. The number of aromatic nitrogens is 4. The number of thioether (sulfide) groups is 1. The van der Waals surface area contributed by atoms with Crippen LogP contribution < -0.4 is 5.84 Å². The fourth-order valence-corrected chi connectivity index (χ4v) is 3.43. The van der Waals surface area contributed by atoms with E-state index < -0.39 is 12.0 Å². The van der Waals surface area contributed by atoms with Crippen molar-refractivity contribution in [2.45, 2.75) is 30.9 Å². The van der Waals surface area contributed by atoms with Gasteiger partial charge >= 0.3 is 6.18 Å². The number of nitrogen functional groups attached to an aromatic ring is 1. The number of hydrogen-bond donors (Lipinski definition) is 1. The Kier molecular flexibility index (Phi) is 4.54. The fraction of sp³-hybridized carbons (Fsp3) is 0.267. The molecule has 0 aliphatic carbocycles. The monoisotopic (exact) mass is 387 g/mol. The predicted molar refractivity (Wildman–Crippen MR) is 91.0 cm³/mol. The lowest BCUT2D eigenvalue weighted by atomic mass is 10.0. The van der Waals surface area contributed by atoms with Gasteiger partial charge in [0.25, 0.3) is 5.82 Å². The summed E-state index contributed by atoms with van der Waals surface area (Å²) in [6.07, 6.45) is -4.65. The molecule has 132 valence electrons. The second-order valence-electron chi connectivity index (χ2n) is 5.48. The SMILES string of the molecule is Cc1ccc2cc(CSc3nnc(C(F)(F)F)n3N)c(Cl)nc2c1C. The molecule has 0 aliphatic rings. The van der Waals surface area contributed by atoms with Gasteiger partial charge in [-0.1, -0.05) is 35.5 Å². The molecule has 0 bridgehead atoms. The van der Waals surface area contributed by atoms with Crippen molar-refractivity contribution < 1.29 is 13.2 Å². The lowest BCUT2D eigenvalue weighted by Gasteiger charge is -2.09. The van der Waals surface area contributed by atoms with Crippen molar-refractivity contribution in [1.82, 2.24) is 19.9 Å². The molecule has 2 aromatic heterocycles. The van der Waals surface area contributed by atoms with Crippen LogP contribution in [0, 0.1) is 13.8 Å². The molecule has 0 radical (unpaired) electrons. The van der Waals surface area contributed by atoms with E-state index in [1.807, 2.05) is 32.0 Å². The normalized spacial score (nSPS) is 12.1. The maximum atomic E-state index is 12.7. The molecule has 10 heteroatoms. The van der Waals surface area contributed by atoms with Gasteiger partial charge in [-0.15, -0.1) is 10.2 Å². The number of benzene rings is 1. The first-order chi connectivity index (χ1) is 11.7. The second-order valence-corrected chi connectivity index (χ2v) is 6.78. The summed E-state index contributed by atoms with van der Waals surface area (Å²) < 4.78 is 38.5. The van der Waals surface area contributed by atoms with Crippen molar-refractivity contribution in [3.63, 3.8) is 0 Å². The van der Waals surface area contributed by atoms with Gasteiger partial charge in [-0.05, 0) is 31.0 Å². The Morgan fingerprint density at radius 2 is 1.96 bits per heavy atom. The molecule has 0 saturated heterocycles. The molecule has 2 heterocycles. The molecule has 0 amide bonds. The quantitative estimate of drug-likeness (QED) is 0.416. The summed E-state index contributed by atoms with van der Waals surface area (Å²) in [5.41, 5.74) is 3.63. The number of pyridine rings is 1. The number of hydrogen-bond acceptors (Lipinski definition) is 5. The van der Waals surface area contributed by atoms with Gasteiger partial charge in [0.2, 0.25) is 5.16 Å². The number of halogens is 4. The minimum atomic E-state index is -4.65. The predicted octanol–water partition coefficient (Wildman–Crippen LogP) is 4.12. The summed E-state index contributed by atoms with van der Waals surface area (Å²) in [4.78, 5) is 4.41. The molecule has 5 nitrogen and oxygen atoms in total. The van der Waals surface area contributed by atoms with Crippen molar-refractivity contribution >= 4 is 34.3 Å². The lowest BCUT2D eigenvalue weighted by molar-refractivity contribution is -0.146. The van der Waals surface area contributed by atoms with Crippen LogP contribution in [0.3, 0.4) is 0 Å². The van der Waals surface area contributed by atoms with Gasteiger partial charge in [0.1, 0.15) is 5.15 Å².